The van der Waals surface area contributed by atoms with Gasteiger partial charge >= 0.3 is 0 Å². The number of carbonyl (C=O) groups excluding carboxylic acids is 1. The molecule has 0 fully saturated rings. The quantitative estimate of drug-likeness (QED) is 0.640. The van der Waals surface area contributed by atoms with Crippen LogP contribution in [-0.2, 0) is 21.4 Å². The van der Waals surface area contributed by atoms with Gasteiger partial charge in [-0.25, -0.2) is 12.8 Å². The molecule has 0 atom stereocenters. The molecule has 5 nitrogen and oxygen atoms in total. The first kappa shape index (κ1) is 21.1. The number of halogens is 1. The zero-order chi connectivity index (χ0) is 22.2. The molecule has 0 saturated heterocycles. The van der Waals surface area contributed by atoms with E-state index >= 15 is 0 Å². The fourth-order valence-electron chi connectivity index (χ4n) is 3.67. The highest BCUT2D eigenvalue weighted by Gasteiger charge is 2.36. The van der Waals surface area contributed by atoms with Crippen LogP contribution in [0.25, 0.3) is 11.1 Å². The van der Waals surface area contributed by atoms with E-state index in [-0.39, 0.29) is 29.7 Å². The first-order chi connectivity index (χ1) is 14.8. The third-order valence-corrected chi connectivity index (χ3v) is 7.21. The molecule has 0 aromatic heterocycles. The Bertz CT molecular complexity index is 1240. The summed E-state index contributed by atoms with van der Waals surface area (Å²) in [5, 5.41) is 2.72. The first-order valence-electron chi connectivity index (χ1n) is 10.0. The summed E-state index contributed by atoms with van der Waals surface area (Å²) in [6, 6.07) is 18.3. The number of amides is 1. The number of rotatable bonds is 5. The molecular weight excluding hydrogens is 415 g/mol. The van der Waals surface area contributed by atoms with Crippen LogP contribution in [0.3, 0.4) is 0 Å². The molecular formula is C24H23FN2O3S. The highest BCUT2D eigenvalue weighted by Crippen LogP contribution is 2.43. The van der Waals surface area contributed by atoms with Gasteiger partial charge in [-0.3, -0.25) is 9.10 Å². The number of nitrogens with one attached hydrogen (secondary N) is 1. The van der Waals surface area contributed by atoms with E-state index in [0.717, 1.165) is 21.0 Å². The molecule has 0 radical (unpaired) electrons. The molecule has 0 bridgehead atoms. The third kappa shape index (κ3) is 4.05. The van der Waals surface area contributed by atoms with Crippen molar-refractivity contribution < 1.29 is 17.6 Å². The highest BCUT2D eigenvalue weighted by atomic mass is 32.2. The van der Waals surface area contributed by atoms with E-state index in [9.17, 15) is 17.6 Å². The summed E-state index contributed by atoms with van der Waals surface area (Å²) in [4.78, 5) is 12.8. The van der Waals surface area contributed by atoms with Crippen molar-refractivity contribution in [2.45, 2.75) is 31.2 Å². The molecule has 0 unspecified atom stereocenters. The van der Waals surface area contributed by atoms with Gasteiger partial charge in [0.2, 0.25) is 5.91 Å². The summed E-state index contributed by atoms with van der Waals surface area (Å²) in [5.41, 5.74) is 3.74. The van der Waals surface area contributed by atoms with E-state index in [1.807, 2.05) is 18.2 Å². The molecule has 3 aromatic rings. The Hall–Kier alpha value is -3.19. The Kier molecular flexibility index (Phi) is 5.54. The molecule has 1 N–H and O–H groups in total. The van der Waals surface area contributed by atoms with E-state index in [1.165, 1.54) is 12.1 Å². The van der Waals surface area contributed by atoms with Crippen molar-refractivity contribution in [3.63, 3.8) is 0 Å². The minimum absolute atomic E-state index is 0.183. The molecule has 1 aliphatic rings. The van der Waals surface area contributed by atoms with Crippen LogP contribution in [0.2, 0.25) is 0 Å². The number of hydrogen-bond donors (Lipinski definition) is 1. The Morgan fingerprint density at radius 3 is 2.42 bits per heavy atom. The van der Waals surface area contributed by atoms with Crippen molar-refractivity contribution in [2.75, 3.05) is 10.8 Å². The van der Waals surface area contributed by atoms with E-state index in [1.54, 1.807) is 36.4 Å². The summed E-state index contributed by atoms with van der Waals surface area (Å²) in [5.74, 6) is -0.514. The number of anilines is 1. The minimum atomic E-state index is -3.89. The second-order valence-corrected chi connectivity index (χ2v) is 9.67. The SMILES string of the molecule is CC(C)c1ccc2c(c1)-c1ccccc1S(=O)(=O)N2CC(=O)NCc1ccc(F)cc1. The lowest BCUT2D eigenvalue weighted by atomic mass is 9.95. The molecule has 0 saturated carbocycles. The molecule has 1 amide bonds. The number of sulfonamides is 1. The van der Waals surface area contributed by atoms with Crippen LogP contribution >= 0.6 is 0 Å². The molecule has 0 aliphatic carbocycles. The Morgan fingerprint density at radius 2 is 1.71 bits per heavy atom. The molecule has 1 heterocycles. The Morgan fingerprint density at radius 1 is 1.00 bits per heavy atom. The van der Waals surface area contributed by atoms with Gasteiger partial charge in [0.1, 0.15) is 12.4 Å². The smallest absolute Gasteiger partial charge is 0.265 e. The van der Waals surface area contributed by atoms with Crippen LogP contribution in [0.15, 0.2) is 71.6 Å². The zero-order valence-electron chi connectivity index (χ0n) is 17.3. The van der Waals surface area contributed by atoms with Crippen molar-refractivity contribution in [3.05, 3.63) is 83.7 Å². The third-order valence-electron chi connectivity index (χ3n) is 5.39. The fourth-order valence-corrected chi connectivity index (χ4v) is 5.32. The molecule has 1 aliphatic heterocycles. The number of carbonyl (C=O) groups is 1. The number of fused-ring (bicyclic) bond motifs is 3. The molecule has 7 heteroatoms. The maximum atomic E-state index is 13.3. The van der Waals surface area contributed by atoms with Gasteiger partial charge in [-0.05, 0) is 47.4 Å². The molecule has 4 rings (SSSR count). The molecule has 3 aromatic carbocycles. The summed E-state index contributed by atoms with van der Waals surface area (Å²) < 4.78 is 40.9. The lowest BCUT2D eigenvalue weighted by Gasteiger charge is -2.32. The predicted molar refractivity (Wildman–Crippen MR) is 119 cm³/mol. The van der Waals surface area contributed by atoms with Crippen LogP contribution in [0.4, 0.5) is 10.1 Å². The minimum Gasteiger partial charge on any atom is -0.350 e. The monoisotopic (exact) mass is 438 g/mol. The van der Waals surface area contributed by atoms with Crippen molar-refractivity contribution >= 4 is 21.6 Å². The summed E-state index contributed by atoms with van der Waals surface area (Å²) in [6.07, 6.45) is 0. The van der Waals surface area contributed by atoms with Crippen molar-refractivity contribution in [2.24, 2.45) is 0 Å². The summed E-state index contributed by atoms with van der Waals surface area (Å²) >= 11 is 0. The fraction of sp³-hybridized carbons (Fsp3) is 0.208. The number of benzene rings is 3. The maximum Gasteiger partial charge on any atom is 0.265 e. The van der Waals surface area contributed by atoms with E-state index in [4.69, 9.17) is 0 Å². The Labute approximate surface area is 181 Å². The maximum absolute atomic E-state index is 13.3. The van der Waals surface area contributed by atoms with Gasteiger partial charge in [0.25, 0.3) is 10.0 Å². The van der Waals surface area contributed by atoms with Gasteiger partial charge in [-0.1, -0.05) is 50.2 Å². The molecule has 160 valence electrons. The number of hydrogen-bond acceptors (Lipinski definition) is 3. The standard InChI is InChI=1S/C24H23FN2O3S/c1-16(2)18-9-12-22-21(13-18)20-5-3-4-6-23(20)31(29,30)27(22)15-24(28)26-14-17-7-10-19(25)11-8-17/h3-13,16H,14-15H2,1-2H3,(H,26,28). The van der Waals surface area contributed by atoms with Crippen molar-refractivity contribution in [1.82, 2.24) is 5.32 Å². The van der Waals surface area contributed by atoms with Crippen LogP contribution in [0, 0.1) is 5.82 Å². The normalized spacial score (nSPS) is 14.1. The molecule has 31 heavy (non-hydrogen) atoms. The van der Waals surface area contributed by atoms with Gasteiger partial charge in [-0.2, -0.15) is 0 Å². The van der Waals surface area contributed by atoms with Crippen LogP contribution in [-0.4, -0.2) is 20.9 Å². The summed E-state index contributed by atoms with van der Waals surface area (Å²) in [7, 11) is -3.89. The van der Waals surface area contributed by atoms with Gasteiger partial charge < -0.3 is 5.32 Å². The van der Waals surface area contributed by atoms with Crippen molar-refractivity contribution in [3.8, 4) is 11.1 Å². The second kappa shape index (κ2) is 8.15. The summed E-state index contributed by atoms with van der Waals surface area (Å²) in [6.45, 7) is 4.00. The van der Waals surface area contributed by atoms with E-state index in [0.29, 0.717) is 11.3 Å². The average molecular weight is 439 g/mol. The highest BCUT2D eigenvalue weighted by molar-refractivity contribution is 7.93. The molecule has 0 spiro atoms. The van der Waals surface area contributed by atoms with Crippen molar-refractivity contribution in [1.29, 1.82) is 0 Å². The van der Waals surface area contributed by atoms with Crippen LogP contribution in [0.5, 0.6) is 0 Å². The van der Waals surface area contributed by atoms with Crippen LogP contribution < -0.4 is 9.62 Å². The topological polar surface area (TPSA) is 66.5 Å². The van der Waals surface area contributed by atoms with E-state index in [2.05, 4.69) is 19.2 Å². The average Bonchev–Trinajstić information content (AvgIpc) is 2.76. The first-order valence-corrected chi connectivity index (χ1v) is 11.5. The lowest BCUT2D eigenvalue weighted by Crippen LogP contribution is -2.42. The van der Waals surface area contributed by atoms with E-state index < -0.39 is 15.9 Å². The van der Waals surface area contributed by atoms with Gasteiger partial charge in [0.15, 0.2) is 0 Å². The van der Waals surface area contributed by atoms with Crippen LogP contribution in [0.1, 0.15) is 30.9 Å². The lowest BCUT2D eigenvalue weighted by molar-refractivity contribution is -0.119. The predicted octanol–water partition coefficient (Wildman–Crippen LogP) is 4.44. The van der Waals surface area contributed by atoms with Gasteiger partial charge in [0, 0.05) is 17.7 Å². The number of nitrogens with zero attached hydrogens (tertiary/aromatic N) is 1. The van der Waals surface area contributed by atoms with Gasteiger partial charge in [-0.15, -0.1) is 0 Å². The largest absolute Gasteiger partial charge is 0.350 e. The zero-order valence-corrected chi connectivity index (χ0v) is 18.1. The Balaban J connectivity index is 1.66. The second-order valence-electron chi connectivity index (χ2n) is 7.84. The van der Waals surface area contributed by atoms with Gasteiger partial charge in [0.05, 0.1) is 10.6 Å².